The molecule has 0 aliphatic carbocycles. The summed E-state index contributed by atoms with van der Waals surface area (Å²) in [6.07, 6.45) is 21.2. The van der Waals surface area contributed by atoms with Crippen molar-refractivity contribution in [2.24, 2.45) is 0 Å². The first-order valence-electron chi connectivity index (χ1n) is 37.8. The van der Waals surface area contributed by atoms with Crippen molar-refractivity contribution in [3.8, 4) is 0 Å². The van der Waals surface area contributed by atoms with Gasteiger partial charge >= 0.3 is 0 Å². The van der Waals surface area contributed by atoms with E-state index in [0.717, 1.165) is 50.1 Å². The lowest BCUT2D eigenvalue weighted by molar-refractivity contribution is 0.441. The molecule has 5 aromatic carbocycles. The molecular weight excluding hydrogens is 1390 g/mol. The molecule has 0 saturated carbocycles. The molecule has 0 aliphatic rings. The fraction of sp³-hybridized carbons (Fsp3) is 0.297. The van der Waals surface area contributed by atoms with Crippen LogP contribution in [0.2, 0.25) is 0 Å². The average Bonchev–Trinajstić information content (AvgIpc) is 1.64. The van der Waals surface area contributed by atoms with Gasteiger partial charge in [0.15, 0.2) is 11.2 Å². The number of thiophene rings is 1. The van der Waals surface area contributed by atoms with Crippen molar-refractivity contribution in [2.45, 2.75) is 178 Å². The van der Waals surface area contributed by atoms with Gasteiger partial charge < -0.3 is 22.7 Å². The predicted octanol–water partition coefficient (Wildman–Crippen LogP) is 25.3. The van der Waals surface area contributed by atoms with Crippen LogP contribution in [0.1, 0.15) is 223 Å². The minimum Gasteiger partial charge on any atom is -0.464 e. The molecule has 0 atom stereocenters. The molecule has 18 aromatic rings. The lowest BCUT2D eigenvalue weighted by Gasteiger charge is -2.07. The Hall–Kier alpha value is -11.1. The summed E-state index contributed by atoms with van der Waals surface area (Å²) in [5, 5.41) is 20.4. The van der Waals surface area contributed by atoms with Crippen LogP contribution in [-0.2, 0) is 0 Å². The van der Waals surface area contributed by atoms with E-state index in [2.05, 4.69) is 243 Å². The van der Waals surface area contributed by atoms with Crippen molar-refractivity contribution in [2.75, 3.05) is 0 Å². The molecule has 564 valence electrons. The summed E-state index contributed by atoms with van der Waals surface area (Å²) in [6, 6.07) is 57.0. The van der Waals surface area contributed by atoms with Gasteiger partial charge in [0.2, 0.25) is 0 Å². The average molecular weight is 1490 g/mol. The number of fused-ring (bicyclic) bond motifs is 9. The van der Waals surface area contributed by atoms with Gasteiger partial charge in [-0.1, -0.05) is 207 Å². The number of rotatable bonds is 9. The molecule has 13 aromatic heterocycles. The summed E-state index contributed by atoms with van der Waals surface area (Å²) in [7, 11) is 0. The Bertz CT molecular complexity index is 4930. The number of aromatic nitrogens is 13. The maximum Gasteiger partial charge on any atom is 0.271 e. The minimum absolute atomic E-state index is 0.00991. The number of aromatic amines is 2. The molecule has 13 heterocycles. The number of hydrogen-bond donors (Lipinski definition) is 2. The van der Waals surface area contributed by atoms with Crippen LogP contribution in [0.4, 0.5) is 0 Å². The van der Waals surface area contributed by atoms with Gasteiger partial charge in [-0.05, 0) is 173 Å². The number of pyridine rings is 3. The number of furan rings is 1. The predicted molar refractivity (Wildman–Crippen MR) is 457 cm³/mol. The smallest absolute Gasteiger partial charge is 0.271 e. The highest BCUT2D eigenvalue weighted by Crippen LogP contribution is 2.32. The molecule has 0 unspecified atom stereocenters. The SMILES string of the molecule is CC(C)c1c[nH]c2ccncc12.CC(C)c1cnc2ccccn12.CC(C)c1cnc2ccccn12.CC(C)c1cnn2cccnc12.CC(C)c1coc2ccccc12.CC(C)c1csc2ccccc12.CC(C)c1noc2ccccc12.CC(C)c1nsc2ccccc12.CC(C)n1[nH]c(=O)c2ccccc21. The van der Waals surface area contributed by atoms with Crippen molar-refractivity contribution in [3.63, 3.8) is 0 Å². The van der Waals surface area contributed by atoms with Gasteiger partial charge in [-0.15, -0.1) is 11.3 Å². The van der Waals surface area contributed by atoms with Crippen molar-refractivity contribution in [1.82, 2.24) is 62.6 Å². The summed E-state index contributed by atoms with van der Waals surface area (Å²) in [6.45, 7) is 38.9. The van der Waals surface area contributed by atoms with Gasteiger partial charge in [-0.25, -0.2) is 19.5 Å². The Labute approximate surface area is 648 Å². The zero-order valence-electron chi connectivity index (χ0n) is 66.3. The summed E-state index contributed by atoms with van der Waals surface area (Å²) < 4.78 is 25.7. The fourth-order valence-corrected chi connectivity index (χ4v) is 14.6. The standard InChI is InChI=1S/C11H12O.C11H12S.C10H12N2O.3C10H12N2.C10H11NO.C10H11NS.C9H11N3/c2*1-8(2)10-7-12-11-6-4-3-5-9(10)11;1-7(2)12-9-6-4-3-5-8(9)10(13)11-12;1-7(2)8-6-12-10-3-4-11-5-9(8)10;2*1-8(2)9-7-11-10-5-3-4-6-12(9)10;2*1-7(2)10-8-5-3-4-6-9(8)12-11-10;1-7(2)8-6-11-12-5-3-4-10-9(8)12/h2*3-8H,1-2H3;3-7H,1-2H3,(H,11,13);3-7,12H,1-2H3;2*3-8H,1-2H3;3*3-7H,1-2H3. The van der Waals surface area contributed by atoms with Gasteiger partial charge in [0.1, 0.15) is 16.9 Å². The van der Waals surface area contributed by atoms with E-state index in [1.807, 2.05) is 189 Å². The fourth-order valence-electron chi connectivity index (χ4n) is 12.5. The molecule has 0 radical (unpaired) electrons. The summed E-state index contributed by atoms with van der Waals surface area (Å²) >= 11 is 3.43. The van der Waals surface area contributed by atoms with Gasteiger partial charge in [0.25, 0.3) is 5.56 Å². The molecule has 0 saturated heterocycles. The van der Waals surface area contributed by atoms with Crippen LogP contribution in [0.3, 0.4) is 0 Å². The molecule has 18 heteroatoms. The molecule has 0 fully saturated rings. The van der Waals surface area contributed by atoms with E-state index < -0.39 is 0 Å². The highest BCUT2D eigenvalue weighted by Gasteiger charge is 2.14. The molecule has 0 aliphatic heterocycles. The normalized spacial score (nSPS) is 11.3. The van der Waals surface area contributed by atoms with E-state index in [0.29, 0.717) is 47.3 Å². The van der Waals surface area contributed by atoms with Crippen LogP contribution < -0.4 is 5.56 Å². The molecular formula is C91H105N13O3S2. The molecule has 16 nitrogen and oxygen atoms in total. The molecule has 0 bridgehead atoms. The number of benzene rings is 5. The first-order chi connectivity index (χ1) is 52.5. The second-order valence-corrected chi connectivity index (χ2v) is 31.3. The van der Waals surface area contributed by atoms with Gasteiger partial charge in [0.05, 0.1) is 39.5 Å². The lowest BCUT2D eigenvalue weighted by Crippen LogP contribution is -2.07. The highest BCUT2D eigenvalue weighted by molar-refractivity contribution is 7.17. The van der Waals surface area contributed by atoms with Crippen LogP contribution >= 0.6 is 22.9 Å². The third-order valence-electron chi connectivity index (χ3n) is 18.5. The Morgan fingerprint density at radius 2 is 0.982 bits per heavy atom. The monoisotopic (exact) mass is 1490 g/mol. The zero-order valence-corrected chi connectivity index (χ0v) is 67.9. The minimum atomic E-state index is -0.00991. The zero-order chi connectivity index (χ0) is 77.8. The molecule has 0 amide bonds. The third-order valence-corrected chi connectivity index (χ3v) is 20.3. The van der Waals surface area contributed by atoms with E-state index in [9.17, 15) is 4.79 Å². The molecule has 0 spiro atoms. The van der Waals surface area contributed by atoms with Crippen LogP contribution in [0, 0.1) is 0 Å². The van der Waals surface area contributed by atoms with Gasteiger partial charge in [-0.3, -0.25) is 19.6 Å². The van der Waals surface area contributed by atoms with Gasteiger partial charge in [-0.2, -0.15) is 9.47 Å². The maximum absolute atomic E-state index is 11.4. The van der Waals surface area contributed by atoms with Crippen molar-refractivity contribution >= 4 is 104 Å². The second-order valence-electron chi connectivity index (χ2n) is 29.5. The van der Waals surface area contributed by atoms with Crippen LogP contribution in [0.15, 0.2) is 257 Å². The Morgan fingerprint density at radius 1 is 0.431 bits per heavy atom. The Kier molecular flexibility index (Phi) is 28.1. The molecule has 109 heavy (non-hydrogen) atoms. The number of hydrogen-bond acceptors (Lipinski definition) is 12. The number of para-hydroxylation sites is 3. The summed E-state index contributed by atoms with van der Waals surface area (Å²) in [5.41, 5.74) is 17.2. The third kappa shape index (κ3) is 20.2. The van der Waals surface area contributed by atoms with Crippen molar-refractivity contribution in [3.05, 3.63) is 299 Å². The van der Waals surface area contributed by atoms with E-state index >= 15 is 0 Å². The van der Waals surface area contributed by atoms with E-state index in [1.54, 1.807) is 22.2 Å². The second kappa shape index (κ2) is 38.1. The summed E-state index contributed by atoms with van der Waals surface area (Å²) in [5.74, 6) is 4.23. The Morgan fingerprint density at radius 3 is 1.59 bits per heavy atom. The first-order valence-corrected chi connectivity index (χ1v) is 39.5. The van der Waals surface area contributed by atoms with E-state index in [1.165, 1.54) is 75.8 Å². The number of imidazole rings is 2. The highest BCUT2D eigenvalue weighted by atomic mass is 32.1. The van der Waals surface area contributed by atoms with Crippen LogP contribution in [0.5, 0.6) is 0 Å². The number of nitrogens with one attached hydrogen (secondary N) is 2. The van der Waals surface area contributed by atoms with Crippen molar-refractivity contribution < 1.29 is 8.94 Å². The van der Waals surface area contributed by atoms with E-state index in [4.69, 9.17) is 8.94 Å². The van der Waals surface area contributed by atoms with Crippen molar-refractivity contribution in [1.29, 1.82) is 0 Å². The van der Waals surface area contributed by atoms with Crippen LogP contribution in [-0.4, -0.2) is 62.6 Å². The topological polar surface area (TPSA) is 183 Å². The summed E-state index contributed by atoms with van der Waals surface area (Å²) in [4.78, 5) is 31.6. The molecule has 18 rings (SSSR count). The Balaban J connectivity index is 0.000000131. The van der Waals surface area contributed by atoms with Crippen LogP contribution in [0.25, 0.3) is 80.9 Å². The number of nitrogens with zero attached hydrogens (tertiary/aromatic N) is 11. The lowest BCUT2D eigenvalue weighted by atomic mass is 10.0. The van der Waals surface area contributed by atoms with Gasteiger partial charge in [0, 0.05) is 116 Å². The number of H-pyrrole nitrogens is 2. The largest absolute Gasteiger partial charge is 0.464 e. The quantitative estimate of drug-likeness (QED) is 0.141. The molecule has 2 N–H and O–H groups in total. The van der Waals surface area contributed by atoms with E-state index in [-0.39, 0.29) is 11.6 Å². The first kappa shape index (κ1) is 80.5. The maximum atomic E-state index is 11.4.